The smallest absolute Gasteiger partial charge is 0.338 e. The Balaban J connectivity index is 1.93. The largest absolute Gasteiger partial charge is 0.389 e. The van der Waals surface area contributed by atoms with Crippen LogP contribution in [0.15, 0.2) is 4.52 Å². The minimum Gasteiger partial charge on any atom is -0.338 e. The Kier molecular flexibility index (Phi) is 3.89. The topological polar surface area (TPSA) is 51.0 Å². The fourth-order valence-corrected chi connectivity index (χ4v) is 2.06. The first kappa shape index (κ1) is 13.3. The van der Waals surface area contributed by atoms with Crippen molar-refractivity contribution >= 4 is 0 Å². The molecule has 0 spiro atoms. The summed E-state index contributed by atoms with van der Waals surface area (Å²) in [6.45, 7) is 3.00. The van der Waals surface area contributed by atoms with Crippen LogP contribution in [-0.2, 0) is 6.42 Å². The molecule has 0 aromatic carbocycles. The van der Waals surface area contributed by atoms with Crippen molar-refractivity contribution in [1.82, 2.24) is 15.5 Å². The SMILES string of the molecule is CC1CCNC(c2nc(CCC(F)(F)F)no2)C1. The van der Waals surface area contributed by atoms with Crippen LogP contribution in [-0.4, -0.2) is 22.9 Å². The van der Waals surface area contributed by atoms with Gasteiger partial charge in [-0.1, -0.05) is 12.1 Å². The number of rotatable bonds is 3. The summed E-state index contributed by atoms with van der Waals surface area (Å²) in [6, 6.07) is -0.0270. The van der Waals surface area contributed by atoms with Crippen LogP contribution in [0.4, 0.5) is 13.2 Å². The lowest BCUT2D eigenvalue weighted by Crippen LogP contribution is -2.30. The Morgan fingerprint density at radius 2 is 2.22 bits per heavy atom. The molecule has 1 N–H and O–H groups in total. The highest BCUT2D eigenvalue weighted by Crippen LogP contribution is 2.26. The third kappa shape index (κ3) is 3.69. The molecule has 0 aliphatic carbocycles. The van der Waals surface area contributed by atoms with Crippen LogP contribution in [0.1, 0.15) is 43.9 Å². The van der Waals surface area contributed by atoms with E-state index in [1.807, 2.05) is 0 Å². The van der Waals surface area contributed by atoms with Gasteiger partial charge in [-0.15, -0.1) is 0 Å². The quantitative estimate of drug-likeness (QED) is 0.910. The molecule has 2 heterocycles. The molecular formula is C11H16F3N3O. The van der Waals surface area contributed by atoms with Crippen molar-refractivity contribution in [3.63, 3.8) is 0 Å². The van der Waals surface area contributed by atoms with Crippen molar-refractivity contribution in [3.05, 3.63) is 11.7 Å². The zero-order chi connectivity index (χ0) is 13.2. The lowest BCUT2D eigenvalue weighted by molar-refractivity contribution is -0.134. The van der Waals surface area contributed by atoms with E-state index in [0.29, 0.717) is 11.8 Å². The predicted molar refractivity (Wildman–Crippen MR) is 57.8 cm³/mol. The molecule has 2 atom stereocenters. The van der Waals surface area contributed by atoms with Crippen molar-refractivity contribution in [1.29, 1.82) is 0 Å². The molecule has 4 nitrogen and oxygen atoms in total. The molecule has 0 amide bonds. The summed E-state index contributed by atoms with van der Waals surface area (Å²) in [4.78, 5) is 4.03. The normalized spacial score (nSPS) is 25.3. The minimum atomic E-state index is -4.18. The van der Waals surface area contributed by atoms with E-state index in [-0.39, 0.29) is 18.3 Å². The maximum Gasteiger partial charge on any atom is 0.389 e. The number of aromatic nitrogens is 2. The summed E-state index contributed by atoms with van der Waals surface area (Å²) >= 11 is 0. The fourth-order valence-electron chi connectivity index (χ4n) is 2.06. The summed E-state index contributed by atoms with van der Waals surface area (Å²) in [5.41, 5.74) is 0. The van der Waals surface area contributed by atoms with E-state index in [2.05, 4.69) is 22.4 Å². The molecule has 2 rings (SSSR count). The second-order valence-corrected chi connectivity index (χ2v) is 4.80. The second kappa shape index (κ2) is 5.26. The zero-order valence-electron chi connectivity index (χ0n) is 10.1. The van der Waals surface area contributed by atoms with Gasteiger partial charge in [-0.25, -0.2) is 0 Å². The Labute approximate surface area is 103 Å². The molecule has 0 radical (unpaired) electrons. The van der Waals surface area contributed by atoms with E-state index in [9.17, 15) is 13.2 Å². The molecule has 1 fully saturated rings. The maximum absolute atomic E-state index is 12.1. The van der Waals surface area contributed by atoms with Crippen LogP contribution in [0.2, 0.25) is 0 Å². The second-order valence-electron chi connectivity index (χ2n) is 4.80. The molecule has 0 bridgehead atoms. The minimum absolute atomic E-state index is 0.0270. The summed E-state index contributed by atoms with van der Waals surface area (Å²) in [7, 11) is 0. The van der Waals surface area contributed by atoms with Crippen molar-refractivity contribution in [2.45, 2.75) is 44.8 Å². The van der Waals surface area contributed by atoms with Crippen LogP contribution >= 0.6 is 0 Å². The van der Waals surface area contributed by atoms with Crippen LogP contribution in [0, 0.1) is 5.92 Å². The standard InChI is InChI=1S/C11H16F3N3O/c1-7-3-5-15-8(6-7)10-16-9(17-18-10)2-4-11(12,13)14/h7-8,15H,2-6H2,1H3. The highest BCUT2D eigenvalue weighted by atomic mass is 19.4. The Hall–Kier alpha value is -1.11. The first-order valence-corrected chi connectivity index (χ1v) is 6.06. The summed E-state index contributed by atoms with van der Waals surface area (Å²) in [5, 5.41) is 6.83. The highest BCUT2D eigenvalue weighted by Gasteiger charge is 2.29. The summed E-state index contributed by atoms with van der Waals surface area (Å²) in [6.07, 6.45) is -3.36. The van der Waals surface area contributed by atoms with Gasteiger partial charge >= 0.3 is 6.18 Å². The van der Waals surface area contributed by atoms with Gasteiger partial charge in [0.25, 0.3) is 0 Å². The van der Waals surface area contributed by atoms with Gasteiger partial charge < -0.3 is 9.84 Å². The summed E-state index contributed by atoms with van der Waals surface area (Å²) < 4.78 is 41.2. The molecule has 1 aliphatic heterocycles. The Morgan fingerprint density at radius 1 is 1.44 bits per heavy atom. The first-order valence-electron chi connectivity index (χ1n) is 6.06. The van der Waals surface area contributed by atoms with Gasteiger partial charge in [0.2, 0.25) is 5.89 Å². The Morgan fingerprint density at radius 3 is 2.89 bits per heavy atom. The molecule has 102 valence electrons. The van der Waals surface area contributed by atoms with Crippen molar-refractivity contribution in [3.8, 4) is 0 Å². The molecular weight excluding hydrogens is 247 g/mol. The van der Waals surface area contributed by atoms with Gasteiger partial charge in [0.05, 0.1) is 12.5 Å². The number of halogens is 3. The van der Waals surface area contributed by atoms with Crippen LogP contribution < -0.4 is 5.32 Å². The molecule has 1 aromatic rings. The Bertz CT molecular complexity index is 391. The number of alkyl halides is 3. The number of hydrogen-bond donors (Lipinski definition) is 1. The van der Waals surface area contributed by atoms with Crippen molar-refractivity contribution in [2.75, 3.05) is 6.54 Å². The van der Waals surface area contributed by atoms with Gasteiger partial charge in [0.1, 0.15) is 0 Å². The third-order valence-corrected chi connectivity index (χ3v) is 3.08. The molecule has 18 heavy (non-hydrogen) atoms. The van der Waals surface area contributed by atoms with E-state index >= 15 is 0 Å². The molecule has 7 heteroatoms. The molecule has 1 saturated heterocycles. The van der Waals surface area contributed by atoms with Crippen molar-refractivity contribution < 1.29 is 17.7 Å². The molecule has 2 unspecified atom stereocenters. The number of nitrogens with one attached hydrogen (secondary N) is 1. The van der Waals surface area contributed by atoms with E-state index in [0.717, 1.165) is 19.4 Å². The number of aryl methyl sites for hydroxylation is 1. The lowest BCUT2D eigenvalue weighted by atomic mass is 9.94. The maximum atomic E-state index is 12.1. The van der Waals surface area contributed by atoms with E-state index < -0.39 is 12.6 Å². The van der Waals surface area contributed by atoms with E-state index in [1.165, 1.54) is 0 Å². The van der Waals surface area contributed by atoms with E-state index in [4.69, 9.17) is 4.52 Å². The molecule has 1 aliphatic rings. The fraction of sp³-hybridized carbons (Fsp3) is 0.818. The van der Waals surface area contributed by atoms with Crippen LogP contribution in [0.3, 0.4) is 0 Å². The van der Waals surface area contributed by atoms with Gasteiger partial charge in [-0.2, -0.15) is 18.2 Å². The first-order chi connectivity index (χ1) is 8.44. The van der Waals surface area contributed by atoms with Crippen LogP contribution in [0.5, 0.6) is 0 Å². The number of piperidine rings is 1. The number of hydrogen-bond acceptors (Lipinski definition) is 4. The highest BCUT2D eigenvalue weighted by molar-refractivity contribution is 4.95. The summed E-state index contributed by atoms with van der Waals surface area (Å²) in [5.74, 6) is 1.09. The number of nitrogens with zero attached hydrogens (tertiary/aromatic N) is 2. The van der Waals surface area contributed by atoms with Gasteiger partial charge in [-0.05, 0) is 25.3 Å². The third-order valence-electron chi connectivity index (χ3n) is 3.08. The van der Waals surface area contributed by atoms with Crippen molar-refractivity contribution in [2.24, 2.45) is 5.92 Å². The van der Waals surface area contributed by atoms with Gasteiger partial charge in [0, 0.05) is 6.42 Å². The van der Waals surface area contributed by atoms with E-state index in [1.54, 1.807) is 0 Å². The van der Waals surface area contributed by atoms with Crippen LogP contribution in [0.25, 0.3) is 0 Å². The average Bonchev–Trinajstić information content (AvgIpc) is 2.74. The molecule has 1 aromatic heterocycles. The monoisotopic (exact) mass is 263 g/mol. The van der Waals surface area contributed by atoms with Gasteiger partial charge in [0.15, 0.2) is 5.82 Å². The zero-order valence-corrected chi connectivity index (χ0v) is 10.1. The predicted octanol–water partition coefficient (Wildman–Crippen LogP) is 2.63. The average molecular weight is 263 g/mol. The lowest BCUT2D eigenvalue weighted by Gasteiger charge is -2.25. The van der Waals surface area contributed by atoms with Gasteiger partial charge in [-0.3, -0.25) is 0 Å². The molecule has 0 saturated carbocycles.